The van der Waals surface area contributed by atoms with Gasteiger partial charge in [0, 0.05) is 63.5 Å². The van der Waals surface area contributed by atoms with E-state index in [9.17, 15) is 4.79 Å². The minimum Gasteiger partial charge on any atom is -0.352 e. The first kappa shape index (κ1) is 22.7. The molecule has 2 aliphatic rings. The maximum absolute atomic E-state index is 13.0. The fraction of sp³-hybridized carbons (Fsp3) is 0.810. The van der Waals surface area contributed by atoms with Gasteiger partial charge in [0.05, 0.1) is 5.54 Å². The summed E-state index contributed by atoms with van der Waals surface area (Å²) in [4.78, 5) is 19.5. The van der Waals surface area contributed by atoms with E-state index in [0.717, 1.165) is 44.2 Å². The van der Waals surface area contributed by atoms with Gasteiger partial charge in [0.15, 0.2) is 11.6 Å². The van der Waals surface area contributed by atoms with Gasteiger partial charge in [-0.1, -0.05) is 6.92 Å². The van der Waals surface area contributed by atoms with E-state index in [1.165, 1.54) is 0 Å². The topological polar surface area (TPSA) is 89.5 Å². The Morgan fingerprint density at radius 2 is 1.90 bits per heavy atom. The smallest absolute Gasteiger partial charge is 0.242 e. The highest BCUT2D eigenvalue weighted by molar-refractivity contribution is 5.86. The van der Waals surface area contributed by atoms with Crippen molar-refractivity contribution in [3.05, 3.63) is 6.07 Å². The van der Waals surface area contributed by atoms with Gasteiger partial charge < -0.3 is 20.0 Å². The van der Waals surface area contributed by atoms with Crippen LogP contribution in [-0.2, 0) is 4.79 Å². The molecule has 0 radical (unpaired) electrons. The first-order valence-electron chi connectivity index (χ1n) is 11.1. The van der Waals surface area contributed by atoms with E-state index < -0.39 is 5.54 Å². The van der Waals surface area contributed by atoms with E-state index in [1.807, 2.05) is 24.8 Å². The lowest BCUT2D eigenvalue weighted by Gasteiger charge is -2.47. The molecule has 168 valence electrons. The molecule has 30 heavy (non-hydrogen) atoms. The second-order valence-corrected chi connectivity index (χ2v) is 9.70. The van der Waals surface area contributed by atoms with Crippen molar-refractivity contribution in [3.8, 4) is 0 Å². The molecule has 2 aliphatic heterocycles. The average Bonchev–Trinajstić information content (AvgIpc) is 2.71. The standard InChI is InChI=1S/C21H38N8O/c1-7-16(2)29(13-12-28-15-20(3,4)25-21(5,6)19(28)30)18-14-17(23-26-24-18)27-10-8-22-9-11-27/h14,16,22,25H,7-13,15H2,1-6H3. The number of hydrogen-bond donors (Lipinski definition) is 2. The fourth-order valence-corrected chi connectivity index (χ4v) is 4.55. The van der Waals surface area contributed by atoms with Crippen LogP contribution < -0.4 is 20.4 Å². The van der Waals surface area contributed by atoms with Gasteiger partial charge in [-0.05, 0) is 46.3 Å². The van der Waals surface area contributed by atoms with Gasteiger partial charge in [0.25, 0.3) is 0 Å². The first-order chi connectivity index (χ1) is 14.1. The largest absolute Gasteiger partial charge is 0.352 e. The predicted octanol–water partition coefficient (Wildman–Crippen LogP) is 0.875. The molecule has 0 spiro atoms. The van der Waals surface area contributed by atoms with Gasteiger partial charge in [0.1, 0.15) is 0 Å². The van der Waals surface area contributed by atoms with Gasteiger partial charge >= 0.3 is 0 Å². The molecule has 1 aromatic rings. The number of piperazine rings is 2. The van der Waals surface area contributed by atoms with Gasteiger partial charge in [-0.3, -0.25) is 10.1 Å². The van der Waals surface area contributed by atoms with E-state index >= 15 is 0 Å². The molecule has 0 aliphatic carbocycles. The zero-order valence-corrected chi connectivity index (χ0v) is 19.4. The Morgan fingerprint density at radius 1 is 1.20 bits per heavy atom. The van der Waals surface area contributed by atoms with Gasteiger partial charge in [-0.25, -0.2) is 0 Å². The minimum absolute atomic E-state index is 0.120. The maximum Gasteiger partial charge on any atom is 0.242 e. The first-order valence-corrected chi connectivity index (χ1v) is 11.1. The summed E-state index contributed by atoms with van der Waals surface area (Å²) in [5.41, 5.74) is -0.681. The van der Waals surface area contributed by atoms with Gasteiger partial charge in [-0.15, -0.1) is 10.2 Å². The number of amides is 1. The molecule has 9 heteroatoms. The number of carbonyl (C=O) groups is 1. The van der Waals surface area contributed by atoms with Crippen LogP contribution in [0.5, 0.6) is 0 Å². The molecule has 0 saturated carbocycles. The Hall–Kier alpha value is -2.00. The monoisotopic (exact) mass is 418 g/mol. The molecule has 0 bridgehead atoms. The Labute approximate surface area is 180 Å². The van der Waals surface area contributed by atoms with Crippen molar-refractivity contribution in [2.45, 2.75) is 65.1 Å². The summed E-state index contributed by atoms with van der Waals surface area (Å²) in [6, 6.07) is 2.33. The van der Waals surface area contributed by atoms with Crippen molar-refractivity contribution in [1.82, 2.24) is 30.9 Å². The number of nitrogens with zero attached hydrogens (tertiary/aromatic N) is 6. The molecule has 1 unspecified atom stereocenters. The van der Waals surface area contributed by atoms with Crippen LogP contribution in [0, 0.1) is 0 Å². The highest BCUT2D eigenvalue weighted by Gasteiger charge is 2.43. The van der Waals surface area contributed by atoms with E-state index in [4.69, 9.17) is 0 Å². The zero-order valence-electron chi connectivity index (χ0n) is 19.4. The average molecular weight is 419 g/mol. The Balaban J connectivity index is 1.76. The third kappa shape index (κ3) is 5.18. The number of nitrogens with one attached hydrogen (secondary N) is 2. The molecular formula is C21H38N8O. The normalized spacial score (nSPS) is 22.1. The van der Waals surface area contributed by atoms with Crippen LogP contribution in [0.15, 0.2) is 6.07 Å². The number of rotatable bonds is 7. The van der Waals surface area contributed by atoms with Crippen molar-refractivity contribution >= 4 is 17.5 Å². The molecule has 2 N–H and O–H groups in total. The molecule has 2 fully saturated rings. The second kappa shape index (κ2) is 9.01. The lowest BCUT2D eigenvalue weighted by atomic mass is 9.90. The van der Waals surface area contributed by atoms with Crippen molar-refractivity contribution in [2.75, 3.05) is 55.6 Å². The molecule has 3 heterocycles. The Kier molecular flexibility index (Phi) is 6.81. The Morgan fingerprint density at radius 3 is 2.57 bits per heavy atom. The quantitative estimate of drug-likeness (QED) is 0.674. The lowest BCUT2D eigenvalue weighted by Crippen LogP contribution is -2.70. The maximum atomic E-state index is 13.0. The van der Waals surface area contributed by atoms with Crippen molar-refractivity contribution in [1.29, 1.82) is 0 Å². The number of aromatic nitrogens is 3. The summed E-state index contributed by atoms with van der Waals surface area (Å²) in [7, 11) is 0. The van der Waals surface area contributed by atoms with Crippen LogP contribution in [0.2, 0.25) is 0 Å². The summed E-state index contributed by atoms with van der Waals surface area (Å²) in [5.74, 6) is 1.84. The predicted molar refractivity (Wildman–Crippen MR) is 120 cm³/mol. The van der Waals surface area contributed by atoms with Crippen LogP contribution >= 0.6 is 0 Å². The van der Waals surface area contributed by atoms with E-state index in [-0.39, 0.29) is 17.5 Å². The van der Waals surface area contributed by atoms with E-state index in [1.54, 1.807) is 0 Å². The highest BCUT2D eigenvalue weighted by atomic mass is 16.2. The lowest BCUT2D eigenvalue weighted by molar-refractivity contribution is -0.143. The van der Waals surface area contributed by atoms with E-state index in [2.05, 4.69) is 63.5 Å². The fourth-order valence-electron chi connectivity index (χ4n) is 4.55. The van der Waals surface area contributed by atoms with Gasteiger partial charge in [-0.2, -0.15) is 0 Å². The summed E-state index contributed by atoms with van der Waals surface area (Å²) < 4.78 is 0. The summed E-state index contributed by atoms with van der Waals surface area (Å²) in [6.45, 7) is 18.4. The van der Waals surface area contributed by atoms with Crippen LogP contribution in [0.1, 0.15) is 48.0 Å². The summed E-state index contributed by atoms with van der Waals surface area (Å²) >= 11 is 0. The SMILES string of the molecule is CCC(C)N(CCN1CC(C)(C)NC(C)(C)C1=O)c1cc(N2CCNCC2)nnn1. The molecule has 3 rings (SSSR count). The highest BCUT2D eigenvalue weighted by Crippen LogP contribution is 2.24. The Bertz CT molecular complexity index is 731. The summed E-state index contributed by atoms with van der Waals surface area (Å²) in [5, 5.41) is 19.5. The molecule has 1 amide bonds. The molecular weight excluding hydrogens is 380 g/mol. The summed E-state index contributed by atoms with van der Waals surface area (Å²) in [6.07, 6.45) is 0.986. The molecule has 1 aromatic heterocycles. The number of carbonyl (C=O) groups excluding carboxylic acids is 1. The molecule has 2 saturated heterocycles. The third-order valence-electron chi connectivity index (χ3n) is 6.08. The van der Waals surface area contributed by atoms with Crippen LogP contribution in [-0.4, -0.2) is 89.2 Å². The van der Waals surface area contributed by atoms with Crippen molar-refractivity contribution in [2.24, 2.45) is 0 Å². The third-order valence-corrected chi connectivity index (χ3v) is 6.08. The second-order valence-electron chi connectivity index (χ2n) is 9.70. The van der Waals surface area contributed by atoms with Crippen molar-refractivity contribution in [3.63, 3.8) is 0 Å². The molecule has 0 aromatic carbocycles. The van der Waals surface area contributed by atoms with Gasteiger partial charge in [0.2, 0.25) is 5.91 Å². The van der Waals surface area contributed by atoms with Crippen LogP contribution in [0.25, 0.3) is 0 Å². The number of anilines is 2. The van der Waals surface area contributed by atoms with E-state index in [0.29, 0.717) is 19.6 Å². The minimum atomic E-state index is -0.561. The molecule has 1 atom stereocenters. The van der Waals surface area contributed by atoms with Crippen LogP contribution in [0.3, 0.4) is 0 Å². The number of hydrogen-bond acceptors (Lipinski definition) is 8. The van der Waals surface area contributed by atoms with Crippen LogP contribution in [0.4, 0.5) is 11.6 Å². The molecule has 9 nitrogen and oxygen atoms in total. The zero-order chi connectivity index (χ0) is 21.9. The van der Waals surface area contributed by atoms with Crippen molar-refractivity contribution < 1.29 is 4.79 Å².